The van der Waals surface area contributed by atoms with Crippen LogP contribution in [0.5, 0.6) is 0 Å². The molecule has 0 bridgehead atoms. The molecule has 10 aromatic carbocycles. The summed E-state index contributed by atoms with van der Waals surface area (Å²) < 4.78 is 11.6. The van der Waals surface area contributed by atoms with E-state index in [0.717, 1.165) is 152 Å². The molecular weight excluding hydrogens is 1070 g/mol. The van der Waals surface area contributed by atoms with E-state index in [1.54, 1.807) is 0 Å². The molecule has 0 aliphatic carbocycles. The van der Waals surface area contributed by atoms with Gasteiger partial charge in [-0.2, -0.15) is 0 Å². The van der Waals surface area contributed by atoms with Crippen LogP contribution in [0.15, 0.2) is 294 Å². The number of hydrogen-bond donors (Lipinski definition) is 0. The molecule has 1 unspecified atom stereocenters. The van der Waals surface area contributed by atoms with E-state index < -0.39 is 0 Å². The predicted molar refractivity (Wildman–Crippen MR) is 365 cm³/mol. The number of furan rings is 1. The highest BCUT2D eigenvalue weighted by atomic mass is 16.3. The molecule has 2 aliphatic heterocycles. The standard InChI is InChI=1S/C81H56N6O/c1-81(41-13-17-45-85-81)71-25-9-8-21-61(71)55-32-38-78-68(49-55)67-48-54(60-20-4-7-24-64(60)74-28-12-16-44-84-74)31-37-77(67)87(78)57-34-40-80-70(51-57)69-50-56(33-39-79(69)88-80)86-75-35-29-52(58-18-2-5-22-62(58)72-26-10-14-42-82-72)46-65(75)66-47-53(30-36-76(66)86)59-19-3-6-23-63(59)73-27-11-15-43-83-73/h2-10,12-26,28-40,42-51H,11,27,41H2,1H3. The number of pyridine rings is 2. The van der Waals surface area contributed by atoms with Gasteiger partial charge in [-0.15, -0.1) is 0 Å². The largest absolute Gasteiger partial charge is 0.456 e. The Balaban J connectivity index is 0.845. The van der Waals surface area contributed by atoms with Gasteiger partial charge in [-0.25, -0.2) is 0 Å². The Morgan fingerprint density at radius 2 is 0.841 bits per heavy atom. The summed E-state index contributed by atoms with van der Waals surface area (Å²) in [6.45, 7) is 2.24. The van der Waals surface area contributed by atoms with Crippen LogP contribution < -0.4 is 0 Å². The number of rotatable bonds is 10. The van der Waals surface area contributed by atoms with Crippen LogP contribution in [0, 0.1) is 0 Å². The summed E-state index contributed by atoms with van der Waals surface area (Å²) in [5.41, 5.74) is 24.6. The Morgan fingerprint density at radius 1 is 0.398 bits per heavy atom. The van der Waals surface area contributed by atoms with Gasteiger partial charge in [0.1, 0.15) is 11.2 Å². The molecule has 416 valence electrons. The van der Waals surface area contributed by atoms with Gasteiger partial charge in [0.2, 0.25) is 0 Å². The highest BCUT2D eigenvalue weighted by Gasteiger charge is 2.29. The molecule has 0 saturated carbocycles. The third kappa shape index (κ3) is 8.49. The fourth-order valence-corrected chi connectivity index (χ4v) is 14.0. The van der Waals surface area contributed by atoms with Gasteiger partial charge in [-0.3, -0.25) is 20.0 Å². The molecule has 17 rings (SSSR count). The molecule has 0 amide bonds. The Bertz CT molecular complexity index is 5440. The lowest BCUT2D eigenvalue weighted by Crippen LogP contribution is -2.21. The van der Waals surface area contributed by atoms with Crippen molar-refractivity contribution >= 4 is 77.5 Å². The first kappa shape index (κ1) is 51.2. The second-order valence-electron chi connectivity index (χ2n) is 23.4. The Labute approximate surface area is 508 Å². The van der Waals surface area contributed by atoms with Gasteiger partial charge >= 0.3 is 0 Å². The summed E-state index contributed by atoms with van der Waals surface area (Å²) in [6.07, 6.45) is 16.8. The molecule has 88 heavy (non-hydrogen) atoms. The van der Waals surface area contributed by atoms with Crippen molar-refractivity contribution in [2.24, 2.45) is 9.98 Å². The van der Waals surface area contributed by atoms with Crippen molar-refractivity contribution in [1.29, 1.82) is 0 Å². The molecule has 0 fully saturated rings. The Hall–Kier alpha value is -11.3. The van der Waals surface area contributed by atoms with Crippen LogP contribution in [0.4, 0.5) is 0 Å². The molecule has 0 saturated heterocycles. The van der Waals surface area contributed by atoms with Crippen molar-refractivity contribution in [2.45, 2.75) is 31.7 Å². The predicted octanol–water partition coefficient (Wildman–Crippen LogP) is 20.9. The van der Waals surface area contributed by atoms with Gasteiger partial charge < -0.3 is 13.6 Å². The van der Waals surface area contributed by atoms with Gasteiger partial charge in [-0.1, -0.05) is 146 Å². The third-order valence-electron chi connectivity index (χ3n) is 18.2. The zero-order valence-electron chi connectivity index (χ0n) is 48.3. The van der Waals surface area contributed by atoms with Crippen LogP contribution in [-0.4, -0.2) is 31.0 Å². The molecule has 0 spiro atoms. The van der Waals surface area contributed by atoms with E-state index in [-0.39, 0.29) is 5.54 Å². The first-order chi connectivity index (χ1) is 43.5. The number of fused-ring (bicyclic) bond motifs is 9. The SMILES string of the molecule is CC1(c2ccccc2-c2ccc3c(c2)c2cc(-c4ccccc4-c4ccccn4)ccc2n3-c2ccc3oc4ccc(-n5c6ccc(-c7ccccc7C7=NC=CCC7)cc6c6cc(-c7ccccc7-c7ccccn7)ccc65)cc4c3c2)CC=CC=N1. The monoisotopic (exact) mass is 1130 g/mol. The summed E-state index contributed by atoms with van der Waals surface area (Å²) in [7, 11) is 0. The first-order valence-corrected chi connectivity index (χ1v) is 30.3. The van der Waals surface area contributed by atoms with Gasteiger partial charge in [-0.05, 0) is 192 Å². The van der Waals surface area contributed by atoms with Crippen molar-refractivity contribution in [3.05, 3.63) is 291 Å². The van der Waals surface area contributed by atoms with Crippen LogP contribution in [0.3, 0.4) is 0 Å². The molecular formula is C81H56N6O. The van der Waals surface area contributed by atoms with Gasteiger partial charge in [0.25, 0.3) is 0 Å². The van der Waals surface area contributed by atoms with E-state index >= 15 is 0 Å². The number of hydrogen-bond acceptors (Lipinski definition) is 5. The second-order valence-corrected chi connectivity index (χ2v) is 23.4. The quantitative estimate of drug-likeness (QED) is 0.137. The van der Waals surface area contributed by atoms with E-state index in [0.29, 0.717) is 0 Å². The molecule has 7 heteroatoms. The van der Waals surface area contributed by atoms with E-state index in [2.05, 4.69) is 259 Å². The van der Waals surface area contributed by atoms with Crippen LogP contribution in [0.25, 0.3) is 144 Å². The van der Waals surface area contributed by atoms with Crippen LogP contribution in [0.1, 0.15) is 37.3 Å². The van der Waals surface area contributed by atoms with Gasteiger partial charge in [0.05, 0.1) is 39.0 Å². The van der Waals surface area contributed by atoms with Crippen molar-refractivity contribution in [3.63, 3.8) is 0 Å². The van der Waals surface area contributed by atoms with Crippen LogP contribution in [0.2, 0.25) is 0 Å². The summed E-state index contributed by atoms with van der Waals surface area (Å²) in [5.74, 6) is 0. The number of benzene rings is 10. The summed E-state index contributed by atoms with van der Waals surface area (Å²) in [4.78, 5) is 19.5. The molecule has 1 atom stereocenters. The zero-order valence-corrected chi connectivity index (χ0v) is 48.3. The lowest BCUT2D eigenvalue weighted by Gasteiger charge is -2.28. The summed E-state index contributed by atoms with van der Waals surface area (Å²) in [5, 5.41) is 6.74. The van der Waals surface area contributed by atoms with Crippen molar-refractivity contribution < 1.29 is 4.42 Å². The molecule has 15 aromatic rings. The number of nitrogens with zero attached hydrogens (tertiary/aromatic N) is 6. The molecule has 0 N–H and O–H groups in total. The Kier molecular flexibility index (Phi) is 12.1. The van der Waals surface area contributed by atoms with Crippen molar-refractivity contribution in [2.75, 3.05) is 0 Å². The highest BCUT2D eigenvalue weighted by Crippen LogP contribution is 2.45. The normalized spacial score (nSPS) is 14.9. The Morgan fingerprint density at radius 3 is 1.30 bits per heavy atom. The number of dihydropyridines is 1. The molecule has 2 aliphatic rings. The lowest BCUT2D eigenvalue weighted by atomic mass is 9.82. The maximum absolute atomic E-state index is 6.78. The van der Waals surface area contributed by atoms with E-state index in [4.69, 9.17) is 24.4 Å². The van der Waals surface area contributed by atoms with E-state index in [1.807, 2.05) is 43.0 Å². The fourth-order valence-electron chi connectivity index (χ4n) is 14.0. The molecule has 7 nitrogen and oxygen atoms in total. The average Bonchev–Trinajstić information content (AvgIpc) is 1.72. The summed E-state index contributed by atoms with van der Waals surface area (Å²) in [6, 6.07) is 88.1. The fraction of sp³-hybridized carbons (Fsp3) is 0.0617. The maximum Gasteiger partial charge on any atom is 0.135 e. The number of allylic oxidation sites excluding steroid dienone is 2. The highest BCUT2D eigenvalue weighted by molar-refractivity contribution is 6.16. The minimum atomic E-state index is -0.378. The summed E-state index contributed by atoms with van der Waals surface area (Å²) >= 11 is 0. The number of aromatic nitrogens is 4. The minimum Gasteiger partial charge on any atom is -0.456 e. The minimum absolute atomic E-state index is 0.378. The van der Waals surface area contributed by atoms with Crippen LogP contribution >= 0.6 is 0 Å². The van der Waals surface area contributed by atoms with E-state index in [9.17, 15) is 0 Å². The average molecular weight is 1130 g/mol. The van der Waals surface area contributed by atoms with Crippen molar-refractivity contribution in [3.8, 4) is 78.4 Å². The van der Waals surface area contributed by atoms with Crippen molar-refractivity contribution in [1.82, 2.24) is 19.1 Å². The lowest BCUT2D eigenvalue weighted by molar-refractivity contribution is 0.506. The topological polar surface area (TPSA) is 73.5 Å². The second kappa shape index (κ2) is 20.8. The first-order valence-electron chi connectivity index (χ1n) is 30.3. The maximum atomic E-state index is 6.78. The molecule has 5 aromatic heterocycles. The van der Waals surface area contributed by atoms with Gasteiger partial charge in [0, 0.05) is 90.9 Å². The van der Waals surface area contributed by atoms with E-state index in [1.165, 1.54) is 27.6 Å². The smallest absolute Gasteiger partial charge is 0.135 e. The van der Waals surface area contributed by atoms with Gasteiger partial charge in [0.15, 0.2) is 0 Å². The number of aliphatic imine (C=N–C) groups is 2. The third-order valence-corrected chi connectivity index (χ3v) is 18.2. The van der Waals surface area contributed by atoms with Crippen LogP contribution in [-0.2, 0) is 5.54 Å². The zero-order chi connectivity index (χ0) is 58.3. The molecule has 7 heterocycles. The molecule has 0 radical (unpaired) electrons.